The zero-order chi connectivity index (χ0) is 26.8. The summed E-state index contributed by atoms with van der Waals surface area (Å²) in [4.78, 5) is 30.3. The number of carbonyl (C=O) groups is 1. The third-order valence-electron chi connectivity index (χ3n) is 6.57. The molecular formula is C29H27N3O5S. The molecule has 1 aliphatic heterocycles. The van der Waals surface area contributed by atoms with E-state index in [2.05, 4.69) is 16.4 Å². The number of methoxy groups -OCH3 is 1. The molecule has 194 valence electrons. The molecule has 0 atom stereocenters. The minimum absolute atomic E-state index is 0.179. The van der Waals surface area contributed by atoms with Crippen LogP contribution in [0, 0.1) is 13.8 Å². The van der Waals surface area contributed by atoms with Gasteiger partial charge in [0, 0.05) is 17.6 Å². The van der Waals surface area contributed by atoms with E-state index >= 15 is 0 Å². The number of hydrogen-bond donors (Lipinski definition) is 2. The van der Waals surface area contributed by atoms with Crippen LogP contribution in [0.5, 0.6) is 11.5 Å². The van der Waals surface area contributed by atoms with Gasteiger partial charge in [-0.2, -0.15) is 0 Å². The van der Waals surface area contributed by atoms with Crippen LogP contribution < -0.4 is 20.3 Å². The Kier molecular flexibility index (Phi) is 7.02. The number of esters is 1. The Bertz CT molecular complexity index is 1610. The fourth-order valence-electron chi connectivity index (χ4n) is 4.38. The van der Waals surface area contributed by atoms with Crippen molar-refractivity contribution in [2.45, 2.75) is 26.9 Å². The molecule has 8 nitrogen and oxygen atoms in total. The number of para-hydroxylation sites is 1. The van der Waals surface area contributed by atoms with Crippen molar-refractivity contribution in [2.75, 3.05) is 19.2 Å². The summed E-state index contributed by atoms with van der Waals surface area (Å²) >= 11 is 5.81. The maximum Gasteiger partial charge on any atom is 0.339 e. The number of benzene rings is 3. The quantitative estimate of drug-likeness (QED) is 0.265. The van der Waals surface area contributed by atoms with E-state index in [0.29, 0.717) is 40.0 Å². The normalized spacial score (nSPS) is 11.9. The Morgan fingerprint density at radius 3 is 2.61 bits per heavy atom. The monoisotopic (exact) mass is 529 g/mol. The van der Waals surface area contributed by atoms with Crippen LogP contribution in [0.2, 0.25) is 0 Å². The lowest BCUT2D eigenvalue weighted by Gasteiger charge is -2.26. The fourth-order valence-corrected chi connectivity index (χ4v) is 4.62. The molecule has 1 aliphatic rings. The number of thiocarbonyl (C=S) groups is 1. The average molecular weight is 530 g/mol. The predicted octanol–water partition coefficient (Wildman–Crippen LogP) is 5.06. The van der Waals surface area contributed by atoms with Gasteiger partial charge in [-0.1, -0.05) is 18.2 Å². The summed E-state index contributed by atoms with van der Waals surface area (Å²) < 4.78 is 15.9. The molecule has 0 bridgehead atoms. The van der Waals surface area contributed by atoms with Gasteiger partial charge in [0.25, 0.3) is 5.56 Å². The first-order valence-corrected chi connectivity index (χ1v) is 12.5. The highest BCUT2D eigenvalue weighted by Gasteiger charge is 2.20. The van der Waals surface area contributed by atoms with Crippen molar-refractivity contribution in [1.82, 2.24) is 9.88 Å². The van der Waals surface area contributed by atoms with Gasteiger partial charge in [0.2, 0.25) is 6.79 Å². The third kappa shape index (κ3) is 5.19. The SMILES string of the molecule is COC(=O)c1ccccc1NC(=S)N(Cc1ccc2c(c1)OCO2)Cc1cc2cc(C)c(C)cc2[nH]c1=O. The van der Waals surface area contributed by atoms with Crippen molar-refractivity contribution >= 4 is 39.9 Å². The highest BCUT2D eigenvalue weighted by molar-refractivity contribution is 7.80. The second-order valence-corrected chi connectivity index (χ2v) is 9.55. The Balaban J connectivity index is 1.49. The molecule has 0 aliphatic carbocycles. The van der Waals surface area contributed by atoms with E-state index < -0.39 is 5.97 Å². The summed E-state index contributed by atoms with van der Waals surface area (Å²) in [6.45, 7) is 4.86. The summed E-state index contributed by atoms with van der Waals surface area (Å²) in [5.41, 5.74) is 5.21. The minimum Gasteiger partial charge on any atom is -0.465 e. The molecule has 0 fully saturated rings. The maximum absolute atomic E-state index is 13.1. The van der Waals surface area contributed by atoms with Crippen molar-refractivity contribution < 1.29 is 19.0 Å². The number of H-pyrrole nitrogens is 1. The lowest BCUT2D eigenvalue weighted by atomic mass is 10.0. The second kappa shape index (κ2) is 10.5. The Morgan fingerprint density at radius 2 is 1.79 bits per heavy atom. The van der Waals surface area contributed by atoms with Crippen LogP contribution in [0.25, 0.3) is 10.9 Å². The Labute approximate surface area is 225 Å². The lowest BCUT2D eigenvalue weighted by molar-refractivity contribution is 0.0602. The molecular weight excluding hydrogens is 502 g/mol. The molecule has 2 heterocycles. The van der Waals surface area contributed by atoms with Crippen molar-refractivity contribution in [2.24, 2.45) is 0 Å². The number of fused-ring (bicyclic) bond motifs is 2. The van der Waals surface area contributed by atoms with Gasteiger partial charge in [0.1, 0.15) is 0 Å². The van der Waals surface area contributed by atoms with Crippen molar-refractivity contribution in [1.29, 1.82) is 0 Å². The van der Waals surface area contributed by atoms with E-state index in [0.717, 1.165) is 27.6 Å². The maximum atomic E-state index is 13.1. The van der Waals surface area contributed by atoms with Crippen LogP contribution in [-0.2, 0) is 17.8 Å². The van der Waals surface area contributed by atoms with Crippen LogP contribution in [0.1, 0.15) is 32.6 Å². The smallest absolute Gasteiger partial charge is 0.339 e. The number of aromatic nitrogens is 1. The van der Waals surface area contributed by atoms with E-state index in [-0.39, 0.29) is 18.9 Å². The Morgan fingerprint density at radius 1 is 1.03 bits per heavy atom. The van der Waals surface area contributed by atoms with Crippen LogP contribution in [0.15, 0.2) is 65.5 Å². The molecule has 5 rings (SSSR count). The molecule has 2 N–H and O–H groups in total. The summed E-state index contributed by atoms with van der Waals surface area (Å²) in [6, 6.07) is 18.6. The molecule has 9 heteroatoms. The largest absolute Gasteiger partial charge is 0.465 e. The van der Waals surface area contributed by atoms with Gasteiger partial charge in [-0.15, -0.1) is 0 Å². The summed E-state index contributed by atoms with van der Waals surface area (Å²) in [6.07, 6.45) is 0. The number of pyridine rings is 1. The number of nitrogens with one attached hydrogen (secondary N) is 2. The van der Waals surface area contributed by atoms with Gasteiger partial charge in [-0.05, 0) is 90.6 Å². The minimum atomic E-state index is -0.477. The zero-order valence-corrected chi connectivity index (χ0v) is 22.1. The number of anilines is 1. The first-order chi connectivity index (χ1) is 18.3. The van der Waals surface area contributed by atoms with Crippen molar-refractivity contribution in [3.05, 3.63) is 98.8 Å². The van der Waals surface area contributed by atoms with E-state index in [4.69, 9.17) is 26.4 Å². The Hall–Kier alpha value is -4.37. The molecule has 0 amide bonds. The number of nitrogens with zero attached hydrogens (tertiary/aromatic N) is 1. The first-order valence-electron chi connectivity index (χ1n) is 12.1. The zero-order valence-electron chi connectivity index (χ0n) is 21.3. The number of aromatic amines is 1. The highest BCUT2D eigenvalue weighted by Crippen LogP contribution is 2.33. The summed E-state index contributed by atoms with van der Waals surface area (Å²) in [5, 5.41) is 4.47. The standard InChI is InChI=1S/C29H27N3O5S/c1-17-10-20-13-21(27(33)30-24(20)11-18(17)2)15-32(14-19-8-9-25-26(12-19)37-16-36-25)29(38)31-23-7-5-4-6-22(23)28(34)35-3/h4-13H,14-16H2,1-3H3,(H,30,33)(H,31,38). The second-order valence-electron chi connectivity index (χ2n) is 9.16. The first kappa shape index (κ1) is 25.3. The number of aryl methyl sites for hydroxylation is 2. The topological polar surface area (TPSA) is 92.9 Å². The molecule has 0 radical (unpaired) electrons. The molecule has 4 aromatic rings. The summed E-state index contributed by atoms with van der Waals surface area (Å²) in [5.74, 6) is 0.867. The summed E-state index contributed by atoms with van der Waals surface area (Å²) in [7, 11) is 1.33. The molecule has 38 heavy (non-hydrogen) atoms. The number of hydrogen-bond acceptors (Lipinski definition) is 6. The van der Waals surface area contributed by atoms with Crippen LogP contribution in [0.3, 0.4) is 0 Å². The number of ether oxygens (including phenoxy) is 3. The van der Waals surface area contributed by atoms with Gasteiger partial charge < -0.3 is 29.4 Å². The van der Waals surface area contributed by atoms with Gasteiger partial charge >= 0.3 is 5.97 Å². The van der Waals surface area contributed by atoms with E-state index in [1.807, 2.05) is 49.1 Å². The van der Waals surface area contributed by atoms with Gasteiger partial charge in [-0.25, -0.2) is 4.79 Å². The molecule has 0 saturated heterocycles. The van der Waals surface area contributed by atoms with Crippen molar-refractivity contribution in [3.63, 3.8) is 0 Å². The van der Waals surface area contributed by atoms with Gasteiger partial charge in [0.15, 0.2) is 16.6 Å². The fraction of sp³-hybridized carbons (Fsp3) is 0.207. The highest BCUT2D eigenvalue weighted by atomic mass is 32.1. The number of rotatable bonds is 6. The van der Waals surface area contributed by atoms with Gasteiger partial charge in [-0.3, -0.25) is 4.79 Å². The third-order valence-corrected chi connectivity index (χ3v) is 6.93. The molecule has 0 spiro atoms. The van der Waals surface area contributed by atoms with Crippen LogP contribution >= 0.6 is 12.2 Å². The van der Waals surface area contributed by atoms with Crippen molar-refractivity contribution in [3.8, 4) is 11.5 Å². The number of carbonyl (C=O) groups excluding carboxylic acids is 1. The molecule has 1 aromatic heterocycles. The van der Waals surface area contributed by atoms with Crippen LogP contribution in [0.4, 0.5) is 5.69 Å². The lowest BCUT2D eigenvalue weighted by Crippen LogP contribution is -2.36. The van der Waals surface area contributed by atoms with E-state index in [9.17, 15) is 9.59 Å². The van der Waals surface area contributed by atoms with Gasteiger partial charge in [0.05, 0.1) is 24.9 Å². The van der Waals surface area contributed by atoms with E-state index in [1.165, 1.54) is 7.11 Å². The average Bonchev–Trinajstić information content (AvgIpc) is 3.38. The molecule has 0 unspecified atom stereocenters. The van der Waals surface area contributed by atoms with Crippen LogP contribution in [-0.4, -0.2) is 34.9 Å². The molecule has 0 saturated carbocycles. The predicted molar refractivity (Wildman–Crippen MR) is 150 cm³/mol. The van der Waals surface area contributed by atoms with E-state index in [1.54, 1.807) is 24.3 Å². The molecule has 3 aromatic carbocycles.